The molecule has 1 heterocycles. The molecule has 0 aromatic heterocycles. The molecule has 1 fully saturated rings. The lowest BCUT2D eigenvalue weighted by molar-refractivity contribution is -0.131. The fourth-order valence-corrected chi connectivity index (χ4v) is 4.32. The van der Waals surface area contributed by atoms with Crippen molar-refractivity contribution in [3.8, 4) is 0 Å². The summed E-state index contributed by atoms with van der Waals surface area (Å²) in [5.74, 6) is 0.156. The van der Waals surface area contributed by atoms with Crippen molar-refractivity contribution in [1.29, 1.82) is 0 Å². The van der Waals surface area contributed by atoms with Crippen molar-refractivity contribution in [2.24, 2.45) is 0 Å². The van der Waals surface area contributed by atoms with Gasteiger partial charge in [0.2, 0.25) is 5.91 Å². The lowest BCUT2D eigenvalue weighted by Gasteiger charge is -2.38. The zero-order valence-electron chi connectivity index (χ0n) is 14.5. The van der Waals surface area contributed by atoms with Crippen LogP contribution in [-0.4, -0.2) is 19.1 Å². The molecule has 2 aliphatic rings. The van der Waals surface area contributed by atoms with E-state index >= 15 is 0 Å². The quantitative estimate of drug-likeness (QED) is 0.923. The average molecular weight is 335 g/mol. The van der Waals surface area contributed by atoms with Gasteiger partial charge in [-0.3, -0.25) is 4.79 Å². The molecule has 1 atom stereocenters. The van der Waals surface area contributed by atoms with Crippen LogP contribution in [0, 0.1) is 0 Å². The van der Waals surface area contributed by atoms with Gasteiger partial charge in [0, 0.05) is 13.2 Å². The van der Waals surface area contributed by atoms with Gasteiger partial charge in [0.05, 0.1) is 11.5 Å². The van der Waals surface area contributed by atoms with Crippen molar-refractivity contribution < 1.29 is 9.53 Å². The Morgan fingerprint density at radius 2 is 1.72 bits per heavy atom. The van der Waals surface area contributed by atoms with Gasteiger partial charge in [-0.2, -0.15) is 0 Å². The van der Waals surface area contributed by atoms with E-state index in [0.717, 1.165) is 37.7 Å². The van der Waals surface area contributed by atoms with Gasteiger partial charge in [-0.15, -0.1) is 0 Å². The van der Waals surface area contributed by atoms with Crippen molar-refractivity contribution in [2.45, 2.75) is 43.6 Å². The molecular formula is C22H25NO2. The molecule has 1 aliphatic carbocycles. The summed E-state index contributed by atoms with van der Waals surface area (Å²) in [5, 5.41) is 3.39. The van der Waals surface area contributed by atoms with Crippen LogP contribution in [0.15, 0.2) is 54.6 Å². The highest BCUT2D eigenvalue weighted by Crippen LogP contribution is 2.37. The molecular weight excluding hydrogens is 310 g/mol. The zero-order chi connectivity index (χ0) is 17.1. The lowest BCUT2D eigenvalue weighted by atomic mass is 9.73. The van der Waals surface area contributed by atoms with Gasteiger partial charge in [0.1, 0.15) is 0 Å². The minimum absolute atomic E-state index is 0.126. The number of carbonyl (C=O) groups is 1. The van der Waals surface area contributed by atoms with Gasteiger partial charge in [0.25, 0.3) is 0 Å². The van der Waals surface area contributed by atoms with Crippen LogP contribution in [0.2, 0.25) is 0 Å². The van der Waals surface area contributed by atoms with E-state index in [1.807, 2.05) is 18.2 Å². The molecule has 25 heavy (non-hydrogen) atoms. The second-order valence-electron chi connectivity index (χ2n) is 7.18. The third kappa shape index (κ3) is 3.09. The van der Waals surface area contributed by atoms with Crippen LogP contribution in [-0.2, 0) is 21.4 Å². The smallest absolute Gasteiger partial charge is 0.231 e. The van der Waals surface area contributed by atoms with E-state index in [1.54, 1.807) is 0 Å². The number of aryl methyl sites for hydroxylation is 1. The molecule has 0 radical (unpaired) electrons. The summed E-state index contributed by atoms with van der Waals surface area (Å²) in [6.45, 7) is 1.28. The predicted molar refractivity (Wildman–Crippen MR) is 98.4 cm³/mol. The molecule has 0 unspecified atom stereocenters. The Balaban J connectivity index is 1.62. The van der Waals surface area contributed by atoms with Crippen LogP contribution in [0.4, 0.5) is 0 Å². The number of ether oxygens (including phenoxy) is 1. The van der Waals surface area contributed by atoms with E-state index < -0.39 is 5.41 Å². The molecule has 0 saturated carbocycles. The van der Waals surface area contributed by atoms with E-state index in [0.29, 0.717) is 13.2 Å². The fourth-order valence-electron chi connectivity index (χ4n) is 4.32. The number of rotatable bonds is 3. The Hall–Kier alpha value is -2.13. The molecule has 0 spiro atoms. The number of amides is 1. The Bertz CT molecular complexity index is 735. The summed E-state index contributed by atoms with van der Waals surface area (Å²) in [6.07, 6.45) is 4.75. The van der Waals surface area contributed by atoms with Crippen molar-refractivity contribution in [3.63, 3.8) is 0 Å². The first-order chi connectivity index (χ1) is 12.3. The lowest BCUT2D eigenvalue weighted by Crippen LogP contribution is -2.49. The first-order valence-corrected chi connectivity index (χ1v) is 9.32. The fraction of sp³-hybridized carbons (Fsp3) is 0.409. The van der Waals surface area contributed by atoms with Gasteiger partial charge >= 0.3 is 0 Å². The van der Waals surface area contributed by atoms with Gasteiger partial charge in [-0.05, 0) is 48.8 Å². The first kappa shape index (κ1) is 16.3. The third-order valence-corrected chi connectivity index (χ3v) is 5.78. The zero-order valence-corrected chi connectivity index (χ0v) is 14.5. The Kier molecular flexibility index (Phi) is 4.58. The van der Waals surface area contributed by atoms with E-state index in [4.69, 9.17) is 4.74 Å². The highest BCUT2D eigenvalue weighted by molar-refractivity contribution is 5.88. The van der Waals surface area contributed by atoms with Crippen LogP contribution in [0.5, 0.6) is 0 Å². The number of fused-ring (bicyclic) bond motifs is 1. The number of nitrogens with one attached hydrogen (secondary N) is 1. The largest absolute Gasteiger partial charge is 0.381 e. The van der Waals surface area contributed by atoms with Gasteiger partial charge in [0.15, 0.2) is 0 Å². The normalized spacial score (nSPS) is 22.0. The van der Waals surface area contributed by atoms with Crippen LogP contribution in [0.25, 0.3) is 0 Å². The SMILES string of the molecule is O=C(N[C@@H]1CCCc2ccccc21)C1(c2ccccc2)CCOCC1. The number of hydrogen-bond acceptors (Lipinski definition) is 2. The number of benzene rings is 2. The summed E-state index contributed by atoms with van der Waals surface area (Å²) in [4.78, 5) is 13.4. The molecule has 2 aromatic carbocycles. The average Bonchev–Trinajstić information content (AvgIpc) is 2.69. The molecule has 2 aromatic rings. The van der Waals surface area contributed by atoms with Gasteiger partial charge in [-0.25, -0.2) is 0 Å². The Morgan fingerprint density at radius 1 is 1.00 bits per heavy atom. The minimum atomic E-state index is -0.466. The van der Waals surface area contributed by atoms with Crippen LogP contribution in [0.3, 0.4) is 0 Å². The Labute approximate surface area is 149 Å². The maximum atomic E-state index is 13.4. The summed E-state index contributed by atoms with van der Waals surface area (Å²) >= 11 is 0. The van der Waals surface area contributed by atoms with Gasteiger partial charge < -0.3 is 10.1 Å². The van der Waals surface area contributed by atoms with E-state index in [9.17, 15) is 4.79 Å². The predicted octanol–water partition coefficient (Wildman–Crippen LogP) is 3.93. The summed E-state index contributed by atoms with van der Waals surface area (Å²) in [5.41, 5.74) is 3.31. The number of carbonyl (C=O) groups excluding carboxylic acids is 1. The maximum absolute atomic E-state index is 13.4. The molecule has 1 aliphatic heterocycles. The summed E-state index contributed by atoms with van der Waals surface area (Å²) < 4.78 is 5.56. The van der Waals surface area contributed by atoms with Crippen molar-refractivity contribution in [1.82, 2.24) is 5.32 Å². The molecule has 4 rings (SSSR count). The maximum Gasteiger partial charge on any atom is 0.231 e. The van der Waals surface area contributed by atoms with E-state index in [2.05, 4.69) is 41.7 Å². The Morgan fingerprint density at radius 3 is 2.52 bits per heavy atom. The van der Waals surface area contributed by atoms with E-state index in [-0.39, 0.29) is 11.9 Å². The monoisotopic (exact) mass is 335 g/mol. The van der Waals surface area contributed by atoms with Crippen molar-refractivity contribution >= 4 is 5.91 Å². The summed E-state index contributed by atoms with van der Waals surface area (Å²) in [6, 6.07) is 18.9. The standard InChI is InChI=1S/C22H25NO2/c24-21(23-20-12-6-8-17-7-4-5-11-19(17)20)22(13-15-25-16-14-22)18-9-2-1-3-10-18/h1-5,7,9-11,20H,6,8,12-16H2,(H,23,24)/t20-/m1/s1. The molecule has 1 N–H and O–H groups in total. The molecule has 3 heteroatoms. The van der Waals surface area contributed by atoms with Crippen LogP contribution in [0.1, 0.15) is 48.4 Å². The van der Waals surface area contributed by atoms with Crippen LogP contribution >= 0.6 is 0 Å². The molecule has 3 nitrogen and oxygen atoms in total. The second-order valence-corrected chi connectivity index (χ2v) is 7.18. The molecule has 130 valence electrons. The van der Waals surface area contributed by atoms with Crippen molar-refractivity contribution in [3.05, 3.63) is 71.3 Å². The highest BCUT2D eigenvalue weighted by atomic mass is 16.5. The van der Waals surface area contributed by atoms with Crippen LogP contribution < -0.4 is 5.32 Å². The molecule has 0 bridgehead atoms. The molecule has 1 amide bonds. The van der Waals surface area contributed by atoms with Gasteiger partial charge in [-0.1, -0.05) is 54.6 Å². The van der Waals surface area contributed by atoms with E-state index in [1.165, 1.54) is 11.1 Å². The highest BCUT2D eigenvalue weighted by Gasteiger charge is 2.42. The second kappa shape index (κ2) is 7.01. The third-order valence-electron chi connectivity index (χ3n) is 5.78. The summed E-state index contributed by atoms with van der Waals surface area (Å²) in [7, 11) is 0. The minimum Gasteiger partial charge on any atom is -0.381 e. The first-order valence-electron chi connectivity index (χ1n) is 9.32. The topological polar surface area (TPSA) is 38.3 Å². The number of hydrogen-bond donors (Lipinski definition) is 1. The molecule has 1 saturated heterocycles. The van der Waals surface area contributed by atoms with Crippen molar-refractivity contribution in [2.75, 3.05) is 13.2 Å².